The molecule has 0 aliphatic carbocycles. The summed E-state index contributed by atoms with van der Waals surface area (Å²) in [5.74, 6) is -0.288. The van der Waals surface area contributed by atoms with Gasteiger partial charge in [0.05, 0.1) is 12.0 Å². The lowest BCUT2D eigenvalue weighted by atomic mass is 9.84. The van der Waals surface area contributed by atoms with Gasteiger partial charge in [-0.15, -0.1) is 0 Å². The summed E-state index contributed by atoms with van der Waals surface area (Å²) in [6, 6.07) is 4.92. The van der Waals surface area contributed by atoms with Crippen LogP contribution in [-0.4, -0.2) is 46.3 Å². The molecule has 1 aromatic rings. The van der Waals surface area contributed by atoms with E-state index in [0.29, 0.717) is 31.5 Å². The molecule has 2 amide bonds. The fraction of sp³-hybridized carbons (Fsp3) is 0.600. The molecule has 0 radical (unpaired) electrons. The highest BCUT2D eigenvalue weighted by molar-refractivity contribution is 5.93. The predicted molar refractivity (Wildman–Crippen MR) is 94.9 cm³/mol. The molecular weight excluding hydrogens is 357 g/mol. The number of alkyl halides is 3. The van der Waals surface area contributed by atoms with E-state index in [0.717, 1.165) is 25.0 Å². The van der Waals surface area contributed by atoms with Crippen LogP contribution in [0.5, 0.6) is 0 Å². The first-order valence-corrected chi connectivity index (χ1v) is 9.43. The van der Waals surface area contributed by atoms with Crippen molar-refractivity contribution >= 4 is 11.8 Å². The fourth-order valence-electron chi connectivity index (χ4n) is 4.36. The summed E-state index contributed by atoms with van der Waals surface area (Å²) in [5.41, 5.74) is -1.26. The molecule has 2 fully saturated rings. The van der Waals surface area contributed by atoms with Gasteiger partial charge in [-0.1, -0.05) is 18.2 Å². The van der Waals surface area contributed by atoms with Gasteiger partial charge in [-0.25, -0.2) is 0 Å². The number of amides is 2. The third-order valence-corrected chi connectivity index (χ3v) is 5.67. The highest BCUT2D eigenvalue weighted by Gasteiger charge is 2.52. The number of likely N-dealkylation sites (tertiary alicyclic amines) is 2. The smallest absolute Gasteiger partial charge is 0.338 e. The Labute approximate surface area is 157 Å². The van der Waals surface area contributed by atoms with Crippen molar-refractivity contribution in [3.8, 4) is 0 Å². The number of halogens is 3. The third kappa shape index (κ3) is 3.69. The molecule has 7 heteroatoms. The first-order valence-electron chi connectivity index (χ1n) is 9.43. The Hall–Kier alpha value is -2.05. The summed E-state index contributed by atoms with van der Waals surface area (Å²) >= 11 is 0. The molecule has 0 N–H and O–H groups in total. The monoisotopic (exact) mass is 382 g/mol. The molecule has 4 nitrogen and oxygen atoms in total. The Morgan fingerprint density at radius 1 is 1.19 bits per heavy atom. The van der Waals surface area contributed by atoms with Crippen molar-refractivity contribution < 1.29 is 22.8 Å². The zero-order chi connectivity index (χ0) is 19.8. The Morgan fingerprint density at radius 2 is 1.85 bits per heavy atom. The molecule has 148 valence electrons. The van der Waals surface area contributed by atoms with E-state index in [2.05, 4.69) is 0 Å². The van der Waals surface area contributed by atoms with E-state index in [-0.39, 0.29) is 24.3 Å². The van der Waals surface area contributed by atoms with Crippen LogP contribution in [0.3, 0.4) is 0 Å². The molecule has 2 aliphatic heterocycles. The van der Waals surface area contributed by atoms with Crippen LogP contribution >= 0.6 is 0 Å². The lowest BCUT2D eigenvalue weighted by molar-refractivity contribution is -0.156. The molecule has 0 bridgehead atoms. The van der Waals surface area contributed by atoms with E-state index in [1.165, 1.54) is 12.1 Å². The Kier molecular flexibility index (Phi) is 5.23. The maximum atomic E-state index is 13.1. The van der Waals surface area contributed by atoms with Gasteiger partial charge in [-0.05, 0) is 51.2 Å². The first-order chi connectivity index (χ1) is 12.6. The van der Waals surface area contributed by atoms with Gasteiger partial charge < -0.3 is 9.80 Å². The van der Waals surface area contributed by atoms with E-state index < -0.39 is 17.3 Å². The quantitative estimate of drug-likeness (QED) is 0.801. The SMILES string of the molecule is CC(C)N1CCCC2(CCCN2C(=O)Cc2cccc(C(F)(F)F)c2)C1=O. The normalized spacial score (nSPS) is 23.6. The van der Waals surface area contributed by atoms with E-state index in [1.807, 2.05) is 18.7 Å². The standard InChI is InChI=1S/C20H25F3N2O2/c1-14(2)24-10-4-8-19(18(24)27)9-5-11-25(19)17(26)13-15-6-3-7-16(12-15)20(21,22)23/h3,6-7,12,14H,4-5,8-11,13H2,1-2H3. The summed E-state index contributed by atoms with van der Waals surface area (Å²) in [6.07, 6.45) is -1.73. The van der Waals surface area contributed by atoms with Gasteiger partial charge in [-0.3, -0.25) is 9.59 Å². The Morgan fingerprint density at radius 3 is 2.48 bits per heavy atom. The lowest BCUT2D eigenvalue weighted by Gasteiger charge is -2.46. The summed E-state index contributed by atoms with van der Waals surface area (Å²) in [7, 11) is 0. The number of carbonyl (C=O) groups excluding carboxylic acids is 2. The molecule has 1 unspecified atom stereocenters. The van der Waals surface area contributed by atoms with Gasteiger partial charge in [0.1, 0.15) is 5.54 Å². The first kappa shape index (κ1) is 19.7. The van der Waals surface area contributed by atoms with Crippen molar-refractivity contribution in [1.82, 2.24) is 9.80 Å². The van der Waals surface area contributed by atoms with Crippen molar-refractivity contribution in [3.63, 3.8) is 0 Å². The lowest BCUT2D eigenvalue weighted by Crippen LogP contribution is -2.62. The minimum absolute atomic E-state index is 0.0151. The summed E-state index contributed by atoms with van der Waals surface area (Å²) in [4.78, 5) is 29.5. The molecule has 3 rings (SSSR count). The summed E-state index contributed by atoms with van der Waals surface area (Å²) in [5, 5.41) is 0. The van der Waals surface area contributed by atoms with Gasteiger partial charge in [-0.2, -0.15) is 13.2 Å². The second-order valence-corrected chi connectivity index (χ2v) is 7.75. The molecule has 1 aromatic carbocycles. The van der Waals surface area contributed by atoms with Crippen LogP contribution in [0, 0.1) is 0 Å². The molecule has 0 aromatic heterocycles. The van der Waals surface area contributed by atoms with Crippen molar-refractivity contribution in [2.45, 2.75) is 63.7 Å². The molecular formula is C20H25F3N2O2. The highest BCUT2D eigenvalue weighted by atomic mass is 19.4. The van der Waals surface area contributed by atoms with Crippen molar-refractivity contribution in [2.24, 2.45) is 0 Å². The number of hydrogen-bond donors (Lipinski definition) is 0. The van der Waals surface area contributed by atoms with Crippen LogP contribution in [0.2, 0.25) is 0 Å². The molecule has 1 atom stereocenters. The number of rotatable bonds is 3. The second-order valence-electron chi connectivity index (χ2n) is 7.75. The summed E-state index contributed by atoms with van der Waals surface area (Å²) in [6.45, 7) is 5.09. The second kappa shape index (κ2) is 7.17. The minimum Gasteiger partial charge on any atom is -0.338 e. The Bertz CT molecular complexity index is 732. The van der Waals surface area contributed by atoms with Gasteiger partial charge in [0.25, 0.3) is 0 Å². The van der Waals surface area contributed by atoms with Crippen LogP contribution in [0.4, 0.5) is 13.2 Å². The van der Waals surface area contributed by atoms with Crippen LogP contribution in [0.1, 0.15) is 50.7 Å². The van der Waals surface area contributed by atoms with Gasteiger partial charge in [0.2, 0.25) is 11.8 Å². The molecule has 2 aliphatic rings. The van der Waals surface area contributed by atoms with Crippen molar-refractivity contribution in [1.29, 1.82) is 0 Å². The molecule has 2 heterocycles. The van der Waals surface area contributed by atoms with Gasteiger partial charge in [0.15, 0.2) is 0 Å². The maximum absolute atomic E-state index is 13.1. The van der Waals surface area contributed by atoms with E-state index in [9.17, 15) is 22.8 Å². The van der Waals surface area contributed by atoms with Gasteiger partial charge >= 0.3 is 6.18 Å². The van der Waals surface area contributed by atoms with Crippen LogP contribution in [-0.2, 0) is 22.2 Å². The maximum Gasteiger partial charge on any atom is 0.416 e. The highest BCUT2D eigenvalue weighted by Crippen LogP contribution is 2.39. The van der Waals surface area contributed by atoms with E-state index >= 15 is 0 Å². The number of hydrogen-bond acceptors (Lipinski definition) is 2. The summed E-state index contributed by atoms with van der Waals surface area (Å²) < 4.78 is 38.7. The number of carbonyl (C=O) groups is 2. The largest absolute Gasteiger partial charge is 0.416 e. The molecule has 1 spiro atoms. The van der Waals surface area contributed by atoms with Crippen molar-refractivity contribution in [3.05, 3.63) is 35.4 Å². The van der Waals surface area contributed by atoms with E-state index in [1.54, 1.807) is 4.90 Å². The average Bonchev–Trinajstić information content (AvgIpc) is 3.01. The molecule has 2 saturated heterocycles. The number of benzene rings is 1. The Balaban J connectivity index is 1.81. The number of piperidine rings is 1. The zero-order valence-electron chi connectivity index (χ0n) is 15.7. The molecule has 0 saturated carbocycles. The average molecular weight is 382 g/mol. The van der Waals surface area contributed by atoms with Crippen LogP contribution in [0.25, 0.3) is 0 Å². The third-order valence-electron chi connectivity index (χ3n) is 5.67. The van der Waals surface area contributed by atoms with Crippen LogP contribution in [0.15, 0.2) is 24.3 Å². The van der Waals surface area contributed by atoms with Crippen molar-refractivity contribution in [2.75, 3.05) is 13.1 Å². The predicted octanol–water partition coefficient (Wildman–Crippen LogP) is 3.64. The molecule has 27 heavy (non-hydrogen) atoms. The fourth-order valence-corrected chi connectivity index (χ4v) is 4.36. The topological polar surface area (TPSA) is 40.6 Å². The number of nitrogens with zero attached hydrogens (tertiary/aromatic N) is 2. The minimum atomic E-state index is -4.44. The van der Waals surface area contributed by atoms with E-state index in [4.69, 9.17) is 0 Å². The zero-order valence-corrected chi connectivity index (χ0v) is 15.7. The van der Waals surface area contributed by atoms with Gasteiger partial charge in [0, 0.05) is 19.1 Å². The van der Waals surface area contributed by atoms with Crippen LogP contribution < -0.4 is 0 Å².